The average Bonchev–Trinajstić information content (AvgIpc) is 3.08. The quantitative estimate of drug-likeness (QED) is 0.0951. The summed E-state index contributed by atoms with van der Waals surface area (Å²) in [6.45, 7) is 1.26. The molecule has 46 heavy (non-hydrogen) atoms. The van der Waals surface area contributed by atoms with E-state index in [2.05, 4.69) is 91.0 Å². The number of fused-ring (bicyclic) bond motifs is 1. The van der Waals surface area contributed by atoms with Gasteiger partial charge in [-0.3, -0.25) is 14.4 Å². The Kier molecular flexibility index (Phi) is 13.2. The number of benzene rings is 4. The summed E-state index contributed by atoms with van der Waals surface area (Å²) in [5, 5.41) is 4.32. The second-order valence-corrected chi connectivity index (χ2v) is 15.3. The number of hydrogen-bond donors (Lipinski definition) is 0. The maximum absolute atomic E-state index is 13.2. The van der Waals surface area contributed by atoms with Crippen LogP contribution in [0.3, 0.4) is 0 Å². The van der Waals surface area contributed by atoms with Gasteiger partial charge < -0.3 is 21.7 Å². The zero-order chi connectivity index (χ0) is 31.5. The van der Waals surface area contributed by atoms with Crippen LogP contribution in [-0.4, -0.2) is 23.7 Å². The van der Waals surface area contributed by atoms with Gasteiger partial charge in [0, 0.05) is 23.6 Å². The third kappa shape index (κ3) is 8.18. The molecule has 0 fully saturated rings. The fourth-order valence-electron chi connectivity index (χ4n) is 6.48. The summed E-state index contributed by atoms with van der Waals surface area (Å²) in [6, 6.07) is 40.0. The third-order valence-electron chi connectivity index (χ3n) is 8.68. The summed E-state index contributed by atoms with van der Waals surface area (Å²) in [5.74, 6) is -1.26. The summed E-state index contributed by atoms with van der Waals surface area (Å²) in [7, 11) is -1.77. The zero-order valence-electron chi connectivity index (χ0n) is 26.5. The van der Waals surface area contributed by atoms with E-state index < -0.39 is 13.2 Å². The number of unbranched alkanes of at least 4 members (excludes halogenated alkanes) is 7. The maximum atomic E-state index is 13.2. The van der Waals surface area contributed by atoms with E-state index in [0.717, 1.165) is 31.8 Å². The van der Waals surface area contributed by atoms with Gasteiger partial charge in [-0.25, -0.2) is 0 Å². The van der Waals surface area contributed by atoms with Crippen molar-refractivity contribution in [2.75, 3.05) is 6.16 Å². The van der Waals surface area contributed by atoms with Crippen LogP contribution in [-0.2, 0) is 9.53 Å². The van der Waals surface area contributed by atoms with Crippen molar-refractivity contribution in [3.8, 4) is 0 Å². The van der Waals surface area contributed by atoms with E-state index in [9.17, 15) is 14.4 Å². The van der Waals surface area contributed by atoms with Crippen LogP contribution in [0, 0.1) is 0 Å². The molecule has 0 amide bonds. The highest BCUT2D eigenvalue weighted by Gasteiger charge is 2.44. The van der Waals surface area contributed by atoms with Crippen molar-refractivity contribution in [3.63, 3.8) is 0 Å². The number of carbonyl (C=O) groups is 3. The number of allylic oxidation sites excluding steroid dienone is 2. The lowest BCUT2D eigenvalue weighted by molar-refractivity contribution is -0.136. The predicted molar refractivity (Wildman–Crippen MR) is 185 cm³/mol. The Morgan fingerprint density at radius 3 is 1.39 bits per heavy atom. The van der Waals surface area contributed by atoms with Crippen LogP contribution in [0.15, 0.2) is 127 Å². The molecule has 1 aliphatic rings. The second kappa shape index (κ2) is 17.3. The molecule has 238 valence electrons. The average molecular weight is 698 g/mol. The third-order valence-corrected chi connectivity index (χ3v) is 13.2. The van der Waals surface area contributed by atoms with Gasteiger partial charge in [0.15, 0.2) is 11.5 Å². The predicted octanol–water partition coefficient (Wildman–Crippen LogP) is 5.39. The largest absolute Gasteiger partial charge is 1.00 e. The molecule has 6 heteroatoms. The minimum Gasteiger partial charge on any atom is -1.00 e. The molecule has 0 N–H and O–H groups in total. The van der Waals surface area contributed by atoms with Crippen molar-refractivity contribution >= 4 is 40.7 Å². The molecule has 0 bridgehead atoms. The van der Waals surface area contributed by atoms with Crippen molar-refractivity contribution in [2.24, 2.45) is 0 Å². The SMILES string of the molecule is CC(=O)OC1=C(CCCCCCCCCC[P+](c2ccccc2)(c2ccccc2)c2ccccc2)C(=O)c2ccccc2C1=O.[Br-]. The highest BCUT2D eigenvalue weighted by atomic mass is 79.9. The zero-order valence-corrected chi connectivity index (χ0v) is 29.0. The fourth-order valence-corrected chi connectivity index (χ4v) is 10.9. The van der Waals surface area contributed by atoms with E-state index in [4.69, 9.17) is 4.74 Å². The first-order valence-corrected chi connectivity index (χ1v) is 18.1. The number of esters is 1. The van der Waals surface area contributed by atoms with Crippen molar-refractivity contribution in [1.29, 1.82) is 0 Å². The van der Waals surface area contributed by atoms with E-state index in [1.807, 2.05) is 0 Å². The minimum atomic E-state index is -1.77. The molecule has 4 nitrogen and oxygen atoms in total. The standard InChI is InChI=1S/C40H42O4P.BrH/c1-31(41)44-40-37(38(42)35-27-18-19-28-36(35)39(40)43)29-17-6-4-2-3-5-7-20-30-45(32-21-11-8-12-22-32,33-23-13-9-14-24-33)34-25-15-10-16-26-34;/h8-16,18-19,21-28H,2-7,17,20,29-30H2,1H3;1H/q+1;/p-1. The monoisotopic (exact) mass is 696 g/mol. The maximum Gasteiger partial charge on any atom is 0.308 e. The number of ketones is 2. The van der Waals surface area contributed by atoms with Crippen molar-refractivity contribution in [3.05, 3.63) is 138 Å². The Balaban J connectivity index is 0.00000480. The smallest absolute Gasteiger partial charge is 0.308 e. The molecule has 0 saturated carbocycles. The summed E-state index contributed by atoms with van der Waals surface area (Å²) >= 11 is 0. The summed E-state index contributed by atoms with van der Waals surface area (Å²) in [5.41, 5.74) is 1.03. The molecule has 4 aromatic rings. The van der Waals surface area contributed by atoms with Crippen LogP contribution in [0.1, 0.15) is 85.4 Å². The van der Waals surface area contributed by atoms with Crippen LogP contribution >= 0.6 is 7.26 Å². The molecule has 0 spiro atoms. The van der Waals surface area contributed by atoms with Crippen LogP contribution in [0.2, 0.25) is 0 Å². The van der Waals surface area contributed by atoms with Gasteiger partial charge in [0.05, 0.1) is 6.16 Å². The van der Waals surface area contributed by atoms with E-state index in [0.29, 0.717) is 23.1 Å². The number of rotatable bonds is 15. The molecule has 0 saturated heterocycles. The molecule has 0 aromatic heterocycles. The lowest BCUT2D eigenvalue weighted by Gasteiger charge is -2.27. The van der Waals surface area contributed by atoms with Gasteiger partial charge in [-0.1, -0.05) is 111 Å². The van der Waals surface area contributed by atoms with Crippen LogP contribution in [0.5, 0.6) is 0 Å². The number of halogens is 1. The highest BCUT2D eigenvalue weighted by Crippen LogP contribution is 2.56. The van der Waals surface area contributed by atoms with Crippen molar-refractivity contribution in [1.82, 2.24) is 0 Å². The number of Topliss-reactive ketones (excluding diaryl/α,β-unsaturated/α-hetero) is 2. The molecule has 0 heterocycles. The molecule has 0 aliphatic heterocycles. The first-order chi connectivity index (χ1) is 22.0. The molecular weight excluding hydrogens is 655 g/mol. The van der Waals surface area contributed by atoms with Gasteiger partial charge >= 0.3 is 5.97 Å². The Morgan fingerprint density at radius 1 is 0.543 bits per heavy atom. The molecule has 5 rings (SSSR count). The summed E-state index contributed by atoms with van der Waals surface area (Å²) in [6.07, 6.45) is 10.3. The molecule has 0 radical (unpaired) electrons. The first kappa shape index (κ1) is 35.2. The molecule has 0 unspecified atom stereocenters. The van der Waals surface area contributed by atoms with E-state index in [1.54, 1.807) is 24.3 Å². The van der Waals surface area contributed by atoms with Crippen LogP contribution in [0.4, 0.5) is 0 Å². The highest BCUT2D eigenvalue weighted by molar-refractivity contribution is 7.95. The Hall–Kier alpha value is -3.66. The van der Waals surface area contributed by atoms with E-state index in [-0.39, 0.29) is 34.3 Å². The Bertz CT molecular complexity index is 1540. The molecular formula is C40H42BrO4P. The molecule has 1 aliphatic carbocycles. The van der Waals surface area contributed by atoms with Gasteiger partial charge in [-0.2, -0.15) is 0 Å². The van der Waals surface area contributed by atoms with Crippen molar-refractivity contribution < 1.29 is 36.1 Å². The van der Waals surface area contributed by atoms with Gasteiger partial charge in [0.1, 0.15) is 23.2 Å². The number of ether oxygens (including phenoxy) is 1. The minimum absolute atomic E-state index is 0. The number of carbonyl (C=O) groups excluding carboxylic acids is 3. The van der Waals surface area contributed by atoms with E-state index >= 15 is 0 Å². The van der Waals surface area contributed by atoms with Gasteiger partial charge in [-0.15, -0.1) is 0 Å². The normalized spacial score (nSPS) is 12.8. The lowest BCUT2D eigenvalue weighted by atomic mass is 9.86. The fraction of sp³-hybridized carbons (Fsp3) is 0.275. The number of hydrogen-bond acceptors (Lipinski definition) is 4. The van der Waals surface area contributed by atoms with Crippen LogP contribution in [0.25, 0.3) is 0 Å². The lowest BCUT2D eigenvalue weighted by Crippen LogP contribution is -3.00. The van der Waals surface area contributed by atoms with Crippen molar-refractivity contribution in [2.45, 2.75) is 64.7 Å². The van der Waals surface area contributed by atoms with Gasteiger partial charge in [0.25, 0.3) is 0 Å². The Morgan fingerprint density at radius 2 is 0.935 bits per heavy atom. The van der Waals surface area contributed by atoms with Crippen LogP contribution < -0.4 is 32.9 Å². The van der Waals surface area contributed by atoms with Gasteiger partial charge in [-0.05, 0) is 62.1 Å². The van der Waals surface area contributed by atoms with Gasteiger partial charge in [0.2, 0.25) is 5.78 Å². The Labute approximate surface area is 284 Å². The second-order valence-electron chi connectivity index (χ2n) is 11.7. The first-order valence-electron chi connectivity index (χ1n) is 16.2. The molecule has 0 atom stereocenters. The molecule has 4 aromatic carbocycles. The summed E-state index contributed by atoms with van der Waals surface area (Å²) in [4.78, 5) is 37.8. The van der Waals surface area contributed by atoms with E-state index in [1.165, 1.54) is 48.5 Å². The summed E-state index contributed by atoms with van der Waals surface area (Å²) < 4.78 is 5.26. The topological polar surface area (TPSA) is 60.4 Å².